The molecule has 426 valence electrons. The van der Waals surface area contributed by atoms with Crippen LogP contribution in [0.5, 0.6) is 51.7 Å². The summed E-state index contributed by atoms with van der Waals surface area (Å²) in [5, 5.41) is 8.63. The first-order valence-electron chi connectivity index (χ1n) is 24.1. The van der Waals surface area contributed by atoms with Gasteiger partial charge in [0, 0.05) is 63.8 Å². The summed E-state index contributed by atoms with van der Waals surface area (Å²) in [6.45, 7) is 4.03. The number of phenols is 1. The van der Waals surface area contributed by atoms with Crippen LogP contribution in [0.2, 0.25) is 0 Å². The third-order valence-corrected chi connectivity index (χ3v) is 10.9. The van der Waals surface area contributed by atoms with Crippen LogP contribution in [-0.2, 0) is 38.9 Å². The van der Waals surface area contributed by atoms with Crippen LogP contribution >= 0.6 is 44.2 Å². The van der Waals surface area contributed by atoms with Gasteiger partial charge >= 0.3 is 11.9 Å². The van der Waals surface area contributed by atoms with E-state index in [4.69, 9.17) is 38.3 Å². The van der Waals surface area contributed by atoms with Crippen LogP contribution in [0.4, 0.5) is 0 Å². The number of hydrogen-bond donors (Lipinski definition) is 1. The largest absolute Gasteiger partial charge is 0.508 e. The summed E-state index contributed by atoms with van der Waals surface area (Å²) in [6, 6.07) is 59.3. The number of hydrogen-bond acceptors (Lipinski definition) is 15. The number of methoxy groups -OCH3 is 5. The molecule has 1 N–H and O–H groups in total. The van der Waals surface area contributed by atoms with Crippen molar-refractivity contribution < 1.29 is 71.7 Å². The molecule has 0 aromatic heterocycles. The molecule has 8 rings (SSSR count). The van der Waals surface area contributed by atoms with E-state index in [2.05, 4.69) is 53.7 Å². The fourth-order valence-corrected chi connectivity index (χ4v) is 6.47. The van der Waals surface area contributed by atoms with E-state index in [0.29, 0.717) is 92.7 Å². The monoisotopic (exact) mass is 1300 g/mol. The molecule has 0 aliphatic carbocycles. The van der Waals surface area contributed by atoms with E-state index in [1.54, 1.807) is 80.9 Å². The lowest BCUT2D eigenvalue weighted by molar-refractivity contribution is -0.138. The van der Waals surface area contributed by atoms with Gasteiger partial charge in [-0.05, 0) is 93.3 Å². The van der Waals surface area contributed by atoms with E-state index in [1.165, 1.54) is 35.2 Å². The fraction of sp³-hybridized carbons (Fsp3) is 0.159. The number of benzene rings is 8. The number of para-hydroxylation sites is 2. The summed E-state index contributed by atoms with van der Waals surface area (Å²) in [7, 11) is 7.34. The fourth-order valence-electron chi connectivity index (χ4n) is 6.05. The van der Waals surface area contributed by atoms with Crippen molar-refractivity contribution >= 4 is 75.0 Å². The van der Waals surface area contributed by atoms with Gasteiger partial charge in [0.2, 0.25) is 0 Å². The lowest BCUT2D eigenvalue weighted by atomic mass is 10.2. The Balaban J connectivity index is 0.000000360. The van der Waals surface area contributed by atoms with Crippen molar-refractivity contribution in [3.8, 4) is 51.7 Å². The SMILES string of the molecule is BrBr.COC(C)=O.COC(C)=O.COc1cc(C=O)c(Br)cc1OCc1ccccc1.COc1cc(C=O)c(Oc2ccccc2)cc1OCc1ccccc1.COc1cc(C=O)ccc1OCc1ccccc1.Oc1ccccc1. The van der Waals surface area contributed by atoms with Gasteiger partial charge in [0.15, 0.2) is 47.1 Å². The molecule has 0 radical (unpaired) electrons. The topological polar surface area (TPSA) is 189 Å². The zero-order chi connectivity index (χ0) is 59.6. The maximum Gasteiger partial charge on any atom is 0.302 e. The molecule has 8 aromatic carbocycles. The molecule has 0 bridgehead atoms. The van der Waals surface area contributed by atoms with Crippen LogP contribution in [-0.4, -0.2) is 71.5 Å². The Morgan fingerprint density at radius 3 is 1.14 bits per heavy atom. The number of ether oxygens (including phenoxy) is 9. The van der Waals surface area contributed by atoms with Gasteiger partial charge in [-0.3, -0.25) is 24.0 Å². The standard InChI is InChI=1S/C21H18O4.C15H13BrO3.C15H14O3.C6H6O.2C3H6O2.Br2/c1-23-20-12-17(14-22)19(25-18-10-6-3-7-11-18)13-21(20)24-15-16-8-4-2-5-9-16;1-18-14-7-12(9-17)13(16)8-15(14)19-10-11-5-3-2-4-6-11;1-17-15-9-13(10-16)7-8-14(15)18-11-12-5-3-2-4-6-12;7-6-4-2-1-3-5-6;2*1-3(4)5-2;1-2/h2-14H,15H2,1H3;2-9H,10H2,1H3;2-10H,11H2,1H3;1-5,7H;2*1-2H3;. The molecule has 15 nitrogen and oxygen atoms in total. The van der Waals surface area contributed by atoms with Gasteiger partial charge in [-0.2, -0.15) is 0 Å². The van der Waals surface area contributed by atoms with Crippen molar-refractivity contribution in [1.82, 2.24) is 0 Å². The number of rotatable bonds is 17. The third kappa shape index (κ3) is 27.8. The predicted octanol–water partition coefficient (Wildman–Crippen LogP) is 15.3. The zero-order valence-corrected chi connectivity index (χ0v) is 50.4. The lowest BCUT2D eigenvalue weighted by Gasteiger charge is -2.15. The van der Waals surface area contributed by atoms with Gasteiger partial charge in [-0.15, -0.1) is 0 Å². The highest BCUT2D eigenvalue weighted by Crippen LogP contribution is 2.37. The lowest BCUT2D eigenvalue weighted by Crippen LogP contribution is -2.00. The van der Waals surface area contributed by atoms with Gasteiger partial charge in [0.25, 0.3) is 0 Å². The van der Waals surface area contributed by atoms with E-state index in [0.717, 1.165) is 35.5 Å². The maximum atomic E-state index is 11.4. The average molecular weight is 1300 g/mol. The molecule has 0 aliphatic rings. The molecule has 0 unspecified atom stereocenters. The van der Waals surface area contributed by atoms with Crippen LogP contribution in [0.1, 0.15) is 61.6 Å². The van der Waals surface area contributed by atoms with Gasteiger partial charge < -0.3 is 47.7 Å². The van der Waals surface area contributed by atoms with Crippen LogP contribution < -0.4 is 33.2 Å². The van der Waals surface area contributed by atoms with Crippen molar-refractivity contribution in [3.63, 3.8) is 0 Å². The van der Waals surface area contributed by atoms with Gasteiger partial charge in [0.05, 0.1) is 41.1 Å². The third-order valence-electron chi connectivity index (χ3n) is 10.2. The minimum absolute atomic E-state index is 0.245. The Morgan fingerprint density at radius 1 is 0.420 bits per heavy atom. The first-order valence-corrected chi connectivity index (χ1v) is 28.7. The summed E-state index contributed by atoms with van der Waals surface area (Å²) < 4.78 is 47.8. The van der Waals surface area contributed by atoms with Crippen molar-refractivity contribution in [2.24, 2.45) is 0 Å². The molecule has 0 spiro atoms. The number of halogens is 3. The first-order chi connectivity index (χ1) is 39.3. The second kappa shape index (κ2) is 41.6. The van der Waals surface area contributed by atoms with Gasteiger partial charge in [0.1, 0.15) is 43.4 Å². The molecule has 18 heteroatoms. The molecule has 8 aromatic rings. The molecule has 81 heavy (non-hydrogen) atoms. The molecule has 0 saturated carbocycles. The van der Waals surface area contributed by atoms with Crippen LogP contribution in [0, 0.1) is 0 Å². The van der Waals surface area contributed by atoms with Crippen molar-refractivity contribution in [1.29, 1.82) is 0 Å². The summed E-state index contributed by atoms with van der Waals surface area (Å²) in [4.78, 5) is 52.1. The van der Waals surface area contributed by atoms with Crippen molar-refractivity contribution in [2.45, 2.75) is 33.7 Å². The number of carbonyl (C=O) groups is 5. The molecule has 0 heterocycles. The van der Waals surface area contributed by atoms with E-state index < -0.39 is 0 Å². The van der Waals surface area contributed by atoms with E-state index in [-0.39, 0.29) is 11.9 Å². The number of phenolic OH excluding ortho intramolecular Hbond substituents is 1. The molecule has 0 atom stereocenters. The highest BCUT2D eigenvalue weighted by Gasteiger charge is 2.14. The first kappa shape index (κ1) is 68.7. The van der Waals surface area contributed by atoms with Crippen LogP contribution in [0.25, 0.3) is 0 Å². The second-order valence-electron chi connectivity index (χ2n) is 15.8. The second-order valence-corrected chi connectivity index (χ2v) is 16.6. The highest BCUT2D eigenvalue weighted by atomic mass is 80.9. The highest BCUT2D eigenvalue weighted by molar-refractivity contribution is 9.93. The molecule has 0 aliphatic heterocycles. The molecular weight excluding hydrogens is 1240 g/mol. The molecule has 0 amide bonds. The number of aromatic hydroxyl groups is 1. The minimum Gasteiger partial charge on any atom is -0.508 e. The Labute approximate surface area is 496 Å². The maximum absolute atomic E-state index is 11.4. The van der Waals surface area contributed by atoms with E-state index in [9.17, 15) is 24.0 Å². The average Bonchev–Trinajstić information content (AvgIpc) is 3.52. The smallest absolute Gasteiger partial charge is 0.302 e. The van der Waals surface area contributed by atoms with E-state index >= 15 is 0 Å². The molecular formula is C63H63Br3O15. The van der Waals surface area contributed by atoms with Crippen molar-refractivity contribution in [3.05, 3.63) is 232 Å². The normalized spacial score (nSPS) is 9.31. The van der Waals surface area contributed by atoms with Crippen LogP contribution in [0.15, 0.2) is 199 Å². The number of carbonyl (C=O) groups excluding carboxylic acids is 5. The Kier molecular flexibility index (Phi) is 35.2. The van der Waals surface area contributed by atoms with Crippen LogP contribution in [0.3, 0.4) is 0 Å². The minimum atomic E-state index is -0.245. The quantitative estimate of drug-likeness (QED) is 0.0669. The predicted molar refractivity (Wildman–Crippen MR) is 323 cm³/mol. The van der Waals surface area contributed by atoms with Gasteiger partial charge in [-0.25, -0.2) is 0 Å². The Morgan fingerprint density at radius 2 is 0.778 bits per heavy atom. The Bertz CT molecular complexity index is 3030. The zero-order valence-electron chi connectivity index (χ0n) is 45.6. The summed E-state index contributed by atoms with van der Waals surface area (Å²) in [6.07, 6.45) is 2.29. The van der Waals surface area contributed by atoms with Gasteiger partial charge in [-0.1, -0.05) is 127 Å². The summed E-state index contributed by atoms with van der Waals surface area (Å²) in [5.41, 5.74) is 4.68. The summed E-state index contributed by atoms with van der Waals surface area (Å²) >= 11 is 8.83. The molecule has 0 saturated heterocycles. The van der Waals surface area contributed by atoms with Crippen molar-refractivity contribution in [2.75, 3.05) is 35.5 Å². The number of aldehydes is 3. The summed E-state index contributed by atoms with van der Waals surface area (Å²) in [5.74, 6) is 4.24. The van der Waals surface area contributed by atoms with E-state index in [1.807, 2.05) is 127 Å². The Hall–Kier alpha value is -8.45. The number of esters is 2. The molecule has 0 fully saturated rings.